The van der Waals surface area contributed by atoms with Crippen LogP contribution in [0, 0.1) is 11.3 Å². The Morgan fingerprint density at radius 1 is 1.25 bits per heavy atom. The average Bonchev–Trinajstić information content (AvgIpc) is 2.89. The summed E-state index contributed by atoms with van der Waals surface area (Å²) in [5.41, 5.74) is 2.22. The summed E-state index contributed by atoms with van der Waals surface area (Å²) in [5, 5.41) is 9.81. The van der Waals surface area contributed by atoms with Crippen molar-refractivity contribution >= 4 is 16.7 Å². The van der Waals surface area contributed by atoms with Gasteiger partial charge in [0.1, 0.15) is 0 Å². The summed E-state index contributed by atoms with van der Waals surface area (Å²) in [7, 11) is 0. The maximum Gasteiger partial charge on any atom is 0.165 e. The number of benzene rings is 1. The van der Waals surface area contributed by atoms with E-state index in [1.54, 1.807) is 18.3 Å². The molecule has 2 aromatic rings. The van der Waals surface area contributed by atoms with Crippen LogP contribution < -0.4 is 0 Å². The van der Waals surface area contributed by atoms with Crippen molar-refractivity contribution in [3.05, 3.63) is 35.5 Å². The number of hydrogen-bond donors (Lipinski definition) is 1. The number of carbonyl (C=O) groups excluding carboxylic acids is 1. The predicted molar refractivity (Wildman–Crippen MR) is 80.7 cm³/mol. The normalized spacial score (nSPS) is 10.6. The van der Waals surface area contributed by atoms with E-state index < -0.39 is 0 Å². The number of nitrogens with zero attached hydrogens (tertiary/aromatic N) is 1. The summed E-state index contributed by atoms with van der Waals surface area (Å²) in [6, 6.07) is 7.52. The summed E-state index contributed by atoms with van der Waals surface area (Å²) >= 11 is 0. The number of aromatic amines is 1. The van der Waals surface area contributed by atoms with Crippen molar-refractivity contribution in [1.29, 1.82) is 5.26 Å². The quantitative estimate of drug-likeness (QED) is 0.590. The lowest BCUT2D eigenvalue weighted by Gasteiger charge is -2.00. The van der Waals surface area contributed by atoms with Crippen LogP contribution >= 0.6 is 0 Å². The van der Waals surface area contributed by atoms with Crippen LogP contribution in [0.5, 0.6) is 0 Å². The van der Waals surface area contributed by atoms with E-state index in [4.69, 9.17) is 5.26 Å². The molecule has 1 N–H and O–H groups in total. The third-order valence-electron chi connectivity index (χ3n) is 3.62. The Kier molecular flexibility index (Phi) is 4.95. The molecule has 0 aliphatic rings. The van der Waals surface area contributed by atoms with Gasteiger partial charge in [0, 0.05) is 29.1 Å². The fourth-order valence-corrected chi connectivity index (χ4v) is 2.44. The second kappa shape index (κ2) is 6.91. The van der Waals surface area contributed by atoms with Crippen molar-refractivity contribution in [3.63, 3.8) is 0 Å². The van der Waals surface area contributed by atoms with E-state index >= 15 is 0 Å². The van der Waals surface area contributed by atoms with Crippen LogP contribution in [0.15, 0.2) is 24.4 Å². The zero-order valence-electron chi connectivity index (χ0n) is 11.9. The van der Waals surface area contributed by atoms with E-state index in [1.165, 1.54) is 19.3 Å². The Bertz CT molecular complexity index is 634. The maximum absolute atomic E-state index is 12.2. The molecule has 0 aliphatic carbocycles. The molecule has 20 heavy (non-hydrogen) atoms. The Labute approximate surface area is 119 Å². The summed E-state index contributed by atoms with van der Waals surface area (Å²) in [6.45, 7) is 2.18. The molecule has 1 heterocycles. The first-order valence-corrected chi connectivity index (χ1v) is 7.30. The van der Waals surface area contributed by atoms with E-state index in [9.17, 15) is 4.79 Å². The minimum atomic E-state index is 0.169. The molecule has 0 amide bonds. The highest BCUT2D eigenvalue weighted by molar-refractivity contribution is 6.08. The van der Waals surface area contributed by atoms with E-state index in [0.717, 1.165) is 23.7 Å². The second-order valence-electron chi connectivity index (χ2n) is 5.16. The molecule has 3 nitrogen and oxygen atoms in total. The Morgan fingerprint density at radius 3 is 2.80 bits per heavy atom. The van der Waals surface area contributed by atoms with Crippen LogP contribution in [-0.2, 0) is 0 Å². The molecular formula is C17H20N2O. The highest BCUT2D eigenvalue weighted by Gasteiger charge is 2.12. The number of ketones is 1. The van der Waals surface area contributed by atoms with E-state index in [1.807, 2.05) is 6.07 Å². The van der Waals surface area contributed by atoms with Gasteiger partial charge in [0.2, 0.25) is 0 Å². The lowest BCUT2D eigenvalue weighted by Crippen LogP contribution is -1.97. The number of carbonyl (C=O) groups is 1. The minimum absolute atomic E-state index is 0.169. The number of unbranched alkanes of at least 4 members (excludes halogenated alkanes) is 4. The molecule has 0 radical (unpaired) electrons. The molecule has 3 heteroatoms. The van der Waals surface area contributed by atoms with Gasteiger partial charge in [-0.2, -0.15) is 5.26 Å². The molecular weight excluding hydrogens is 248 g/mol. The van der Waals surface area contributed by atoms with Gasteiger partial charge in [-0.15, -0.1) is 0 Å². The number of fused-ring (bicyclic) bond motifs is 1. The van der Waals surface area contributed by atoms with Crippen LogP contribution in [0.25, 0.3) is 10.9 Å². The smallest absolute Gasteiger partial charge is 0.165 e. The molecule has 0 saturated heterocycles. The lowest BCUT2D eigenvalue weighted by molar-refractivity contribution is 0.0980. The van der Waals surface area contributed by atoms with Crippen LogP contribution in [0.3, 0.4) is 0 Å². The van der Waals surface area contributed by atoms with E-state index in [2.05, 4.69) is 18.0 Å². The first-order chi connectivity index (χ1) is 9.76. The van der Waals surface area contributed by atoms with Gasteiger partial charge >= 0.3 is 0 Å². The topological polar surface area (TPSA) is 56.6 Å². The molecule has 1 aromatic heterocycles. The Morgan fingerprint density at radius 2 is 2.05 bits per heavy atom. The van der Waals surface area contributed by atoms with Gasteiger partial charge in [0.25, 0.3) is 0 Å². The largest absolute Gasteiger partial charge is 0.360 e. The third-order valence-corrected chi connectivity index (χ3v) is 3.62. The number of H-pyrrole nitrogens is 1. The van der Waals surface area contributed by atoms with E-state index in [-0.39, 0.29) is 5.78 Å². The SMILES string of the molecule is CCCCCCCC(=O)c1c[nH]c2ccc(C#N)cc12. The van der Waals surface area contributed by atoms with Crippen molar-refractivity contribution in [1.82, 2.24) is 4.98 Å². The molecule has 0 spiro atoms. The van der Waals surface area contributed by atoms with Crippen LogP contribution in [0.2, 0.25) is 0 Å². The highest BCUT2D eigenvalue weighted by Crippen LogP contribution is 2.22. The van der Waals surface area contributed by atoms with Gasteiger partial charge in [0.05, 0.1) is 11.6 Å². The highest BCUT2D eigenvalue weighted by atomic mass is 16.1. The standard InChI is InChI=1S/C17H20N2O/c1-2-3-4-5-6-7-17(20)15-12-19-16-9-8-13(11-18)10-14(15)16/h8-10,12,19H,2-7H2,1H3. The number of Topliss-reactive ketones (excluding diaryl/α,β-unsaturated/α-hetero) is 1. The fraction of sp³-hybridized carbons (Fsp3) is 0.412. The molecule has 104 valence electrons. The molecule has 1 aromatic carbocycles. The monoisotopic (exact) mass is 268 g/mol. The first-order valence-electron chi connectivity index (χ1n) is 7.30. The van der Waals surface area contributed by atoms with Crippen molar-refractivity contribution in [2.45, 2.75) is 45.4 Å². The molecule has 0 bridgehead atoms. The number of nitrogens with one attached hydrogen (secondary N) is 1. The molecule has 0 fully saturated rings. The average molecular weight is 268 g/mol. The van der Waals surface area contributed by atoms with Gasteiger partial charge in [-0.25, -0.2) is 0 Å². The van der Waals surface area contributed by atoms with Crippen molar-refractivity contribution in [2.24, 2.45) is 0 Å². The first kappa shape index (κ1) is 14.3. The lowest BCUT2D eigenvalue weighted by atomic mass is 10.0. The Balaban J connectivity index is 2.05. The second-order valence-corrected chi connectivity index (χ2v) is 5.16. The van der Waals surface area contributed by atoms with Gasteiger partial charge in [-0.05, 0) is 24.6 Å². The number of rotatable bonds is 7. The van der Waals surface area contributed by atoms with E-state index in [0.29, 0.717) is 17.5 Å². The number of aromatic nitrogens is 1. The maximum atomic E-state index is 12.2. The number of hydrogen-bond acceptors (Lipinski definition) is 2. The zero-order valence-corrected chi connectivity index (χ0v) is 11.9. The predicted octanol–water partition coefficient (Wildman–Crippen LogP) is 4.58. The zero-order chi connectivity index (χ0) is 14.4. The Hall–Kier alpha value is -2.08. The fourth-order valence-electron chi connectivity index (χ4n) is 2.44. The third kappa shape index (κ3) is 3.27. The summed E-state index contributed by atoms with van der Waals surface area (Å²) in [6.07, 6.45) is 8.08. The van der Waals surface area contributed by atoms with Crippen molar-refractivity contribution < 1.29 is 4.79 Å². The van der Waals surface area contributed by atoms with Gasteiger partial charge in [-0.1, -0.05) is 32.6 Å². The van der Waals surface area contributed by atoms with Crippen LogP contribution in [0.1, 0.15) is 61.4 Å². The molecule has 0 unspecified atom stereocenters. The van der Waals surface area contributed by atoms with Gasteiger partial charge in [-0.3, -0.25) is 4.79 Å². The van der Waals surface area contributed by atoms with Crippen LogP contribution in [0.4, 0.5) is 0 Å². The summed E-state index contributed by atoms with van der Waals surface area (Å²) in [4.78, 5) is 15.4. The van der Waals surface area contributed by atoms with Crippen LogP contribution in [-0.4, -0.2) is 10.8 Å². The molecule has 0 saturated carbocycles. The van der Waals surface area contributed by atoms with Gasteiger partial charge in [0.15, 0.2) is 5.78 Å². The van der Waals surface area contributed by atoms with Crippen molar-refractivity contribution in [2.75, 3.05) is 0 Å². The number of nitriles is 1. The summed E-state index contributed by atoms with van der Waals surface area (Å²) < 4.78 is 0. The van der Waals surface area contributed by atoms with Gasteiger partial charge < -0.3 is 4.98 Å². The minimum Gasteiger partial charge on any atom is -0.360 e. The molecule has 2 rings (SSSR count). The molecule has 0 atom stereocenters. The molecule has 0 aliphatic heterocycles. The van der Waals surface area contributed by atoms with Crippen molar-refractivity contribution in [3.8, 4) is 6.07 Å². The summed E-state index contributed by atoms with van der Waals surface area (Å²) in [5.74, 6) is 0.169.